The van der Waals surface area contributed by atoms with E-state index in [1.54, 1.807) is 24.3 Å². The minimum absolute atomic E-state index is 0.154. The molecule has 1 amide bonds. The van der Waals surface area contributed by atoms with E-state index < -0.39 is 4.92 Å². The number of aromatic nitrogens is 1. The van der Waals surface area contributed by atoms with E-state index in [-0.39, 0.29) is 11.7 Å². The molecule has 0 aliphatic carbocycles. The largest absolute Gasteiger partial charge is 0.453 e. The predicted octanol–water partition coefficient (Wildman–Crippen LogP) is 2.74. The van der Waals surface area contributed by atoms with Gasteiger partial charge in [-0.2, -0.15) is 0 Å². The van der Waals surface area contributed by atoms with Crippen LogP contribution in [0.25, 0.3) is 0 Å². The first-order chi connectivity index (χ1) is 9.54. The van der Waals surface area contributed by atoms with Crippen molar-refractivity contribution in [2.24, 2.45) is 0 Å². The molecule has 0 unspecified atom stereocenters. The number of amides is 1. The second-order valence-electron chi connectivity index (χ2n) is 3.92. The van der Waals surface area contributed by atoms with Crippen molar-refractivity contribution in [3.8, 4) is 11.5 Å². The molecule has 102 valence electrons. The van der Waals surface area contributed by atoms with Crippen molar-refractivity contribution in [3.05, 3.63) is 52.7 Å². The van der Waals surface area contributed by atoms with Gasteiger partial charge in [0.1, 0.15) is 5.75 Å². The highest BCUT2D eigenvalue weighted by atomic mass is 16.6. The van der Waals surface area contributed by atoms with Gasteiger partial charge in [-0.25, -0.2) is 0 Å². The van der Waals surface area contributed by atoms with Gasteiger partial charge < -0.3 is 20.2 Å². The summed E-state index contributed by atoms with van der Waals surface area (Å²) in [6, 6.07) is 9.46. The van der Waals surface area contributed by atoms with Crippen LogP contribution in [-0.4, -0.2) is 15.8 Å². The van der Waals surface area contributed by atoms with Crippen molar-refractivity contribution in [1.82, 2.24) is 4.98 Å². The molecule has 2 aromatic rings. The number of carbonyl (C=O) groups excluding carboxylic acids is 1. The molecule has 0 aliphatic rings. The van der Waals surface area contributed by atoms with Gasteiger partial charge in [-0.1, -0.05) is 0 Å². The van der Waals surface area contributed by atoms with E-state index in [4.69, 9.17) is 4.74 Å². The third kappa shape index (κ3) is 3.52. The fraction of sp³-hybridized carbons (Fsp3) is 0.0769. The van der Waals surface area contributed by atoms with Gasteiger partial charge in [-0.3, -0.25) is 4.79 Å². The van der Waals surface area contributed by atoms with E-state index in [1.165, 1.54) is 25.3 Å². The third-order valence-electron chi connectivity index (χ3n) is 2.32. The summed E-state index contributed by atoms with van der Waals surface area (Å²) in [5.74, 6) is 0.536. The van der Waals surface area contributed by atoms with Crippen LogP contribution in [0.5, 0.6) is 11.5 Å². The number of nitrogens with zero attached hydrogens (tertiary/aromatic N) is 2. The normalized spacial score (nSPS) is 9.85. The number of anilines is 1. The SMILES string of the molecule is CC(=O)Nc1ccc(Oc2ccc([N+](=O)[O-])nc2)cc1. The lowest BCUT2D eigenvalue weighted by molar-refractivity contribution is -0.389. The van der Waals surface area contributed by atoms with Gasteiger partial charge >= 0.3 is 5.82 Å². The predicted molar refractivity (Wildman–Crippen MR) is 71.7 cm³/mol. The highest BCUT2D eigenvalue weighted by Crippen LogP contribution is 2.23. The molecule has 2 rings (SSSR count). The molecular formula is C13H11N3O4. The quantitative estimate of drug-likeness (QED) is 0.682. The van der Waals surface area contributed by atoms with Crippen LogP contribution in [0.15, 0.2) is 42.6 Å². The van der Waals surface area contributed by atoms with Crippen molar-refractivity contribution in [2.45, 2.75) is 6.92 Å². The van der Waals surface area contributed by atoms with Gasteiger partial charge in [-0.15, -0.1) is 0 Å². The van der Waals surface area contributed by atoms with Crippen LogP contribution < -0.4 is 10.1 Å². The van der Waals surface area contributed by atoms with Crippen LogP contribution in [0.1, 0.15) is 6.92 Å². The number of pyridine rings is 1. The topological polar surface area (TPSA) is 94.4 Å². The highest BCUT2D eigenvalue weighted by molar-refractivity contribution is 5.88. The third-order valence-corrected chi connectivity index (χ3v) is 2.32. The summed E-state index contributed by atoms with van der Waals surface area (Å²) in [5, 5.41) is 13.1. The lowest BCUT2D eigenvalue weighted by Gasteiger charge is -2.05. The van der Waals surface area contributed by atoms with Crippen molar-refractivity contribution in [2.75, 3.05) is 5.32 Å². The molecule has 1 aromatic carbocycles. The molecule has 0 radical (unpaired) electrons. The number of nitro groups is 1. The average molecular weight is 273 g/mol. The Bertz CT molecular complexity index is 623. The summed E-state index contributed by atoms with van der Waals surface area (Å²) in [6.07, 6.45) is 1.28. The van der Waals surface area contributed by atoms with Crippen LogP contribution in [0.2, 0.25) is 0 Å². The summed E-state index contributed by atoms with van der Waals surface area (Å²) < 4.78 is 5.48. The first-order valence-corrected chi connectivity index (χ1v) is 5.70. The summed E-state index contributed by atoms with van der Waals surface area (Å²) in [7, 11) is 0. The number of carbonyl (C=O) groups is 1. The van der Waals surface area contributed by atoms with Crippen LogP contribution in [0.3, 0.4) is 0 Å². The van der Waals surface area contributed by atoms with E-state index in [2.05, 4.69) is 10.3 Å². The Kier molecular flexibility index (Phi) is 3.90. The van der Waals surface area contributed by atoms with Gasteiger partial charge in [0.15, 0.2) is 11.9 Å². The molecule has 1 heterocycles. The lowest BCUT2D eigenvalue weighted by atomic mass is 10.3. The zero-order valence-corrected chi connectivity index (χ0v) is 10.6. The summed E-state index contributed by atoms with van der Waals surface area (Å²) in [5.41, 5.74) is 0.659. The Labute approximate surface area is 114 Å². The van der Waals surface area contributed by atoms with Gasteiger partial charge in [0.05, 0.1) is 0 Å². The first-order valence-electron chi connectivity index (χ1n) is 5.70. The average Bonchev–Trinajstić information content (AvgIpc) is 2.41. The van der Waals surface area contributed by atoms with Crippen LogP contribution in [0.4, 0.5) is 11.5 Å². The molecule has 0 spiro atoms. The molecule has 0 aliphatic heterocycles. The second-order valence-corrected chi connectivity index (χ2v) is 3.92. The molecule has 0 saturated heterocycles. The summed E-state index contributed by atoms with van der Waals surface area (Å²) >= 11 is 0. The first kappa shape index (κ1) is 13.5. The Morgan fingerprint density at radius 1 is 1.20 bits per heavy atom. The van der Waals surface area contributed by atoms with Crippen molar-refractivity contribution in [3.63, 3.8) is 0 Å². The van der Waals surface area contributed by atoms with E-state index in [0.717, 1.165) is 0 Å². The molecule has 20 heavy (non-hydrogen) atoms. The smallest absolute Gasteiger partial charge is 0.363 e. The Morgan fingerprint density at radius 2 is 1.85 bits per heavy atom. The highest BCUT2D eigenvalue weighted by Gasteiger charge is 2.07. The van der Waals surface area contributed by atoms with Crippen LogP contribution in [0, 0.1) is 10.1 Å². The molecule has 7 nitrogen and oxygen atoms in total. The number of benzene rings is 1. The zero-order valence-electron chi connectivity index (χ0n) is 10.6. The number of hydrogen-bond donors (Lipinski definition) is 1. The van der Waals surface area contributed by atoms with E-state index in [9.17, 15) is 14.9 Å². The fourth-order valence-electron chi connectivity index (χ4n) is 1.49. The Hall–Kier alpha value is -2.96. The molecule has 0 bridgehead atoms. The van der Waals surface area contributed by atoms with Gasteiger partial charge in [0.25, 0.3) is 0 Å². The molecule has 1 N–H and O–H groups in total. The van der Waals surface area contributed by atoms with Gasteiger partial charge in [0, 0.05) is 18.7 Å². The molecule has 1 aromatic heterocycles. The van der Waals surface area contributed by atoms with Gasteiger partial charge in [-0.05, 0) is 40.2 Å². The van der Waals surface area contributed by atoms with Crippen LogP contribution >= 0.6 is 0 Å². The maximum absolute atomic E-state index is 10.9. The number of ether oxygens (including phenoxy) is 1. The minimum atomic E-state index is -0.577. The summed E-state index contributed by atoms with van der Waals surface area (Å²) in [6.45, 7) is 1.42. The molecule has 0 fully saturated rings. The van der Waals surface area contributed by atoms with E-state index in [0.29, 0.717) is 17.2 Å². The summed E-state index contributed by atoms with van der Waals surface area (Å²) in [4.78, 5) is 24.4. The molecule has 0 saturated carbocycles. The monoisotopic (exact) mass is 273 g/mol. The maximum atomic E-state index is 10.9. The lowest BCUT2D eigenvalue weighted by Crippen LogP contribution is -2.05. The second kappa shape index (κ2) is 5.79. The Morgan fingerprint density at radius 3 is 2.35 bits per heavy atom. The molecule has 0 atom stereocenters. The van der Waals surface area contributed by atoms with Crippen molar-refractivity contribution >= 4 is 17.4 Å². The molecular weight excluding hydrogens is 262 g/mol. The minimum Gasteiger partial charge on any atom is -0.453 e. The van der Waals surface area contributed by atoms with E-state index >= 15 is 0 Å². The van der Waals surface area contributed by atoms with Gasteiger partial charge in [0.2, 0.25) is 5.91 Å². The van der Waals surface area contributed by atoms with E-state index in [1.807, 2.05) is 0 Å². The van der Waals surface area contributed by atoms with Crippen molar-refractivity contribution in [1.29, 1.82) is 0 Å². The number of hydrogen-bond acceptors (Lipinski definition) is 5. The zero-order chi connectivity index (χ0) is 14.5. The number of rotatable bonds is 4. The molecule has 7 heteroatoms. The van der Waals surface area contributed by atoms with Crippen molar-refractivity contribution < 1.29 is 14.5 Å². The fourth-order valence-corrected chi connectivity index (χ4v) is 1.49. The number of nitrogens with one attached hydrogen (secondary N) is 1. The standard InChI is InChI=1S/C13H11N3O4/c1-9(17)15-10-2-4-11(5-3-10)20-12-6-7-13(14-8-12)16(18)19/h2-8H,1H3,(H,15,17). The maximum Gasteiger partial charge on any atom is 0.363 e. The Balaban J connectivity index is 2.06. The van der Waals surface area contributed by atoms with Crippen LogP contribution in [-0.2, 0) is 4.79 Å².